The van der Waals surface area contributed by atoms with Gasteiger partial charge in [-0.25, -0.2) is 4.79 Å². The van der Waals surface area contributed by atoms with Gasteiger partial charge in [0.25, 0.3) is 0 Å². The van der Waals surface area contributed by atoms with Crippen LogP contribution in [-0.2, 0) is 4.74 Å². The summed E-state index contributed by atoms with van der Waals surface area (Å²) in [5.41, 5.74) is -0.0602. The van der Waals surface area contributed by atoms with E-state index in [1.54, 1.807) is 0 Å². The Morgan fingerprint density at radius 3 is 3.18 bits per heavy atom. The Bertz CT molecular complexity index is 193. The summed E-state index contributed by atoms with van der Waals surface area (Å²) in [7, 11) is 0. The van der Waals surface area contributed by atoms with Crippen LogP contribution < -0.4 is 5.32 Å². The van der Waals surface area contributed by atoms with Crippen molar-refractivity contribution in [3.63, 3.8) is 0 Å². The maximum absolute atomic E-state index is 10.9. The fourth-order valence-electron chi connectivity index (χ4n) is 2.03. The minimum absolute atomic E-state index is 0.0602. The molecule has 1 saturated carbocycles. The van der Waals surface area contributed by atoms with E-state index >= 15 is 0 Å². The average molecular weight is 155 g/mol. The van der Waals surface area contributed by atoms with E-state index in [4.69, 9.17) is 4.74 Å². The first-order chi connectivity index (χ1) is 5.21. The van der Waals surface area contributed by atoms with Crippen molar-refractivity contribution in [3.8, 4) is 0 Å². The second kappa shape index (κ2) is 2.13. The Balaban J connectivity index is 2.17. The molecular weight excluding hydrogens is 142 g/mol. The molecule has 11 heavy (non-hydrogen) atoms. The number of carbonyl (C=O) groups is 1. The lowest BCUT2D eigenvalue weighted by molar-refractivity contribution is 0.0849. The largest absolute Gasteiger partial charge is 0.444 e. The Hall–Kier alpha value is -0.730. The van der Waals surface area contributed by atoms with Gasteiger partial charge in [0, 0.05) is 0 Å². The molecule has 1 N–H and O–H groups in total. The minimum atomic E-state index is -0.237. The summed E-state index contributed by atoms with van der Waals surface area (Å²) in [6.07, 6.45) is 4.37. The fourth-order valence-corrected chi connectivity index (χ4v) is 2.03. The predicted molar refractivity (Wildman–Crippen MR) is 40.3 cm³/mol. The maximum atomic E-state index is 10.9. The molecule has 2 atom stereocenters. The van der Waals surface area contributed by atoms with Crippen molar-refractivity contribution in [1.29, 1.82) is 0 Å². The quantitative estimate of drug-likeness (QED) is 0.574. The standard InChI is InChI=1S/C8H13NO2/c1-8-5-3-2-4-6(8)11-7(10)9-8/h6H,2-5H2,1H3,(H,9,10). The van der Waals surface area contributed by atoms with E-state index in [9.17, 15) is 4.79 Å². The highest BCUT2D eigenvalue weighted by Crippen LogP contribution is 2.34. The molecule has 0 aromatic rings. The summed E-state index contributed by atoms with van der Waals surface area (Å²) in [4.78, 5) is 10.9. The van der Waals surface area contributed by atoms with Gasteiger partial charge in [-0.05, 0) is 26.2 Å². The predicted octanol–water partition coefficient (Wildman–Crippen LogP) is 1.43. The van der Waals surface area contributed by atoms with Gasteiger partial charge < -0.3 is 10.1 Å². The van der Waals surface area contributed by atoms with Crippen LogP contribution in [0.15, 0.2) is 0 Å². The SMILES string of the molecule is CC12CCCCC1OC(=O)N2. The smallest absolute Gasteiger partial charge is 0.408 e. The van der Waals surface area contributed by atoms with Crippen LogP contribution in [0.4, 0.5) is 4.79 Å². The average Bonchev–Trinajstić information content (AvgIpc) is 2.22. The van der Waals surface area contributed by atoms with Crippen LogP contribution in [0.5, 0.6) is 0 Å². The third-order valence-electron chi connectivity index (χ3n) is 2.76. The molecule has 2 fully saturated rings. The number of rotatable bonds is 0. The van der Waals surface area contributed by atoms with Crippen molar-refractivity contribution in [2.75, 3.05) is 0 Å². The Morgan fingerprint density at radius 1 is 1.64 bits per heavy atom. The van der Waals surface area contributed by atoms with E-state index in [2.05, 4.69) is 12.2 Å². The van der Waals surface area contributed by atoms with E-state index < -0.39 is 0 Å². The third kappa shape index (κ3) is 0.988. The molecule has 62 valence electrons. The summed E-state index contributed by atoms with van der Waals surface area (Å²) in [6, 6.07) is 0. The lowest BCUT2D eigenvalue weighted by Gasteiger charge is -2.32. The van der Waals surface area contributed by atoms with Gasteiger partial charge in [-0.1, -0.05) is 6.42 Å². The van der Waals surface area contributed by atoms with Gasteiger partial charge in [0.2, 0.25) is 0 Å². The maximum Gasteiger partial charge on any atom is 0.408 e. The minimum Gasteiger partial charge on any atom is -0.444 e. The second-order valence-electron chi connectivity index (χ2n) is 3.68. The zero-order valence-electron chi connectivity index (χ0n) is 6.72. The molecule has 1 amide bonds. The lowest BCUT2D eigenvalue weighted by atomic mass is 9.81. The highest BCUT2D eigenvalue weighted by Gasteiger charge is 2.45. The first-order valence-corrected chi connectivity index (χ1v) is 4.19. The monoisotopic (exact) mass is 155 g/mol. The summed E-state index contributed by atoms with van der Waals surface area (Å²) in [5, 5.41) is 2.87. The molecule has 1 aliphatic carbocycles. The van der Waals surface area contributed by atoms with Gasteiger partial charge in [0.15, 0.2) is 0 Å². The summed E-state index contributed by atoms with van der Waals surface area (Å²) >= 11 is 0. The normalized spacial score (nSPS) is 42.6. The second-order valence-corrected chi connectivity index (χ2v) is 3.68. The highest BCUT2D eigenvalue weighted by atomic mass is 16.6. The van der Waals surface area contributed by atoms with Gasteiger partial charge in [-0.2, -0.15) is 0 Å². The molecule has 0 spiro atoms. The number of fused-ring (bicyclic) bond motifs is 1. The number of amides is 1. The van der Waals surface area contributed by atoms with Crippen molar-refractivity contribution >= 4 is 6.09 Å². The first kappa shape index (κ1) is 6.95. The van der Waals surface area contributed by atoms with E-state index in [1.165, 1.54) is 12.8 Å². The molecule has 2 unspecified atom stereocenters. The third-order valence-corrected chi connectivity index (χ3v) is 2.76. The topological polar surface area (TPSA) is 38.3 Å². The Kier molecular flexibility index (Phi) is 1.34. The van der Waals surface area contributed by atoms with Crippen LogP contribution in [0.2, 0.25) is 0 Å². The molecule has 1 heterocycles. The molecular formula is C8H13NO2. The number of hydrogen-bond donors (Lipinski definition) is 1. The number of hydrogen-bond acceptors (Lipinski definition) is 2. The van der Waals surface area contributed by atoms with Crippen molar-refractivity contribution < 1.29 is 9.53 Å². The van der Waals surface area contributed by atoms with Gasteiger partial charge >= 0.3 is 6.09 Å². The molecule has 0 aromatic heterocycles. The van der Waals surface area contributed by atoms with Crippen LogP contribution in [0.1, 0.15) is 32.6 Å². The summed E-state index contributed by atoms with van der Waals surface area (Å²) < 4.78 is 5.12. The van der Waals surface area contributed by atoms with Crippen LogP contribution >= 0.6 is 0 Å². The van der Waals surface area contributed by atoms with Gasteiger partial charge in [0.05, 0.1) is 5.54 Å². The van der Waals surface area contributed by atoms with Crippen LogP contribution in [0.3, 0.4) is 0 Å². The van der Waals surface area contributed by atoms with Crippen LogP contribution in [0.25, 0.3) is 0 Å². The van der Waals surface area contributed by atoms with E-state index in [1.807, 2.05) is 0 Å². The van der Waals surface area contributed by atoms with E-state index in [0.29, 0.717) is 0 Å². The molecule has 0 bridgehead atoms. The molecule has 2 aliphatic rings. The fraction of sp³-hybridized carbons (Fsp3) is 0.875. The molecule has 3 nitrogen and oxygen atoms in total. The van der Waals surface area contributed by atoms with Crippen molar-refractivity contribution in [2.24, 2.45) is 0 Å². The lowest BCUT2D eigenvalue weighted by Crippen LogP contribution is -2.47. The van der Waals surface area contributed by atoms with E-state index in [0.717, 1.165) is 12.8 Å². The van der Waals surface area contributed by atoms with Gasteiger partial charge in [0.1, 0.15) is 6.10 Å². The zero-order chi connectivity index (χ0) is 7.90. The summed E-state index contributed by atoms with van der Waals surface area (Å²) in [6.45, 7) is 2.07. The molecule has 2 rings (SSSR count). The van der Waals surface area contributed by atoms with Crippen molar-refractivity contribution in [1.82, 2.24) is 5.32 Å². The molecule has 1 saturated heterocycles. The van der Waals surface area contributed by atoms with Crippen LogP contribution in [-0.4, -0.2) is 17.7 Å². The highest BCUT2D eigenvalue weighted by molar-refractivity contribution is 5.71. The van der Waals surface area contributed by atoms with Crippen LogP contribution in [0, 0.1) is 0 Å². The van der Waals surface area contributed by atoms with Crippen molar-refractivity contribution in [3.05, 3.63) is 0 Å². The van der Waals surface area contributed by atoms with E-state index in [-0.39, 0.29) is 17.7 Å². The molecule has 3 heteroatoms. The zero-order valence-corrected chi connectivity index (χ0v) is 6.72. The number of carbonyl (C=O) groups excluding carboxylic acids is 1. The first-order valence-electron chi connectivity index (χ1n) is 4.19. The van der Waals surface area contributed by atoms with Crippen molar-refractivity contribution in [2.45, 2.75) is 44.2 Å². The Morgan fingerprint density at radius 2 is 2.45 bits per heavy atom. The molecule has 0 radical (unpaired) electrons. The number of alkyl carbamates (subject to hydrolysis) is 1. The summed E-state index contributed by atoms with van der Waals surface area (Å²) in [5.74, 6) is 0. The van der Waals surface area contributed by atoms with Gasteiger partial charge in [-0.3, -0.25) is 0 Å². The Labute approximate surface area is 66.1 Å². The molecule has 1 aliphatic heterocycles. The number of ether oxygens (including phenoxy) is 1. The number of nitrogens with one attached hydrogen (secondary N) is 1. The molecule has 0 aromatic carbocycles. The van der Waals surface area contributed by atoms with Gasteiger partial charge in [-0.15, -0.1) is 0 Å².